The van der Waals surface area contributed by atoms with Gasteiger partial charge in [-0.2, -0.15) is 0 Å². The molecule has 3 rings (SSSR count). The van der Waals surface area contributed by atoms with Crippen LogP contribution in [0.5, 0.6) is 5.75 Å². The summed E-state index contributed by atoms with van der Waals surface area (Å²) in [7, 11) is 0. The predicted molar refractivity (Wildman–Crippen MR) is 88.1 cm³/mol. The zero-order chi connectivity index (χ0) is 16.4. The van der Waals surface area contributed by atoms with Crippen molar-refractivity contribution < 1.29 is 17.9 Å². The van der Waals surface area contributed by atoms with Gasteiger partial charge in [-0.05, 0) is 29.8 Å². The first-order valence-corrected chi connectivity index (χ1v) is 6.89. The lowest BCUT2D eigenvalue weighted by Gasteiger charge is -2.14. The van der Waals surface area contributed by atoms with Crippen molar-refractivity contribution >= 4 is 23.3 Å². The second kappa shape index (κ2) is 7.07. The highest BCUT2D eigenvalue weighted by Crippen LogP contribution is 2.26. The molecule has 0 saturated carbocycles. The minimum atomic E-state index is -4.70. The molecule has 0 aliphatic carbocycles. The van der Waals surface area contributed by atoms with Crippen molar-refractivity contribution in [3.05, 3.63) is 71.9 Å². The summed E-state index contributed by atoms with van der Waals surface area (Å²) in [5.74, 6) is -0.278. The molecule has 1 atom stereocenters. The van der Waals surface area contributed by atoms with Crippen LogP contribution in [0.15, 0.2) is 60.7 Å². The van der Waals surface area contributed by atoms with E-state index < -0.39 is 12.4 Å². The number of pyridine rings is 1. The quantitative estimate of drug-likeness (QED) is 0.747. The Morgan fingerprint density at radius 2 is 1.58 bits per heavy atom. The van der Waals surface area contributed by atoms with E-state index in [0.717, 1.165) is 10.9 Å². The number of nitrogens with two attached hydrogens (primary N) is 1. The van der Waals surface area contributed by atoms with Gasteiger partial charge in [0, 0.05) is 5.39 Å². The van der Waals surface area contributed by atoms with Gasteiger partial charge >= 0.3 is 6.36 Å². The topological polar surface area (TPSA) is 48.1 Å². The smallest absolute Gasteiger partial charge is 0.406 e. The van der Waals surface area contributed by atoms with Gasteiger partial charge in [0.25, 0.3) is 0 Å². The van der Waals surface area contributed by atoms with Gasteiger partial charge in [-0.1, -0.05) is 36.4 Å². The summed E-state index contributed by atoms with van der Waals surface area (Å²) < 4.78 is 40.3. The van der Waals surface area contributed by atoms with Crippen molar-refractivity contribution in [2.24, 2.45) is 5.73 Å². The molecule has 0 radical (unpaired) electrons. The van der Waals surface area contributed by atoms with Crippen LogP contribution in [0.25, 0.3) is 10.9 Å². The molecule has 1 aromatic heterocycles. The Balaban J connectivity index is 0.00000208. The molecule has 0 fully saturated rings. The van der Waals surface area contributed by atoms with Crippen molar-refractivity contribution in [1.29, 1.82) is 0 Å². The molecule has 2 aromatic carbocycles. The van der Waals surface area contributed by atoms with E-state index in [0.29, 0.717) is 11.3 Å². The summed E-state index contributed by atoms with van der Waals surface area (Å²) in [4.78, 5) is 4.50. The van der Waals surface area contributed by atoms with E-state index in [2.05, 4.69) is 9.72 Å². The van der Waals surface area contributed by atoms with Crippen molar-refractivity contribution in [3.63, 3.8) is 0 Å². The third kappa shape index (κ3) is 4.15. The van der Waals surface area contributed by atoms with Gasteiger partial charge in [-0.3, -0.25) is 4.98 Å². The van der Waals surface area contributed by atoms with Crippen LogP contribution in [0.2, 0.25) is 0 Å². The number of fused-ring (bicyclic) bond motifs is 1. The van der Waals surface area contributed by atoms with E-state index in [9.17, 15) is 13.2 Å². The number of hydrogen-bond donors (Lipinski definition) is 1. The van der Waals surface area contributed by atoms with E-state index in [1.54, 1.807) is 0 Å². The third-order valence-corrected chi connectivity index (χ3v) is 3.41. The molecule has 0 bridgehead atoms. The molecule has 7 heteroatoms. The summed E-state index contributed by atoms with van der Waals surface area (Å²) >= 11 is 0. The van der Waals surface area contributed by atoms with Crippen LogP contribution in [0.4, 0.5) is 13.2 Å². The fraction of sp³-hybridized carbons (Fsp3) is 0.118. The lowest BCUT2D eigenvalue weighted by molar-refractivity contribution is -0.274. The molecule has 2 N–H and O–H groups in total. The zero-order valence-electron chi connectivity index (χ0n) is 12.3. The van der Waals surface area contributed by atoms with Crippen molar-refractivity contribution in [2.75, 3.05) is 0 Å². The fourth-order valence-corrected chi connectivity index (χ4v) is 2.30. The summed E-state index contributed by atoms with van der Waals surface area (Å²) in [5.41, 5.74) is 8.28. The van der Waals surface area contributed by atoms with E-state index >= 15 is 0 Å². The molecular formula is C17H14ClF3N2O. The van der Waals surface area contributed by atoms with Crippen molar-refractivity contribution in [2.45, 2.75) is 12.4 Å². The van der Waals surface area contributed by atoms with Gasteiger partial charge in [0.1, 0.15) is 5.75 Å². The highest BCUT2D eigenvalue weighted by atomic mass is 35.5. The maximum absolute atomic E-state index is 12.2. The number of hydrogen-bond acceptors (Lipinski definition) is 3. The first kappa shape index (κ1) is 18.0. The van der Waals surface area contributed by atoms with E-state index in [4.69, 9.17) is 5.73 Å². The monoisotopic (exact) mass is 354 g/mol. The Morgan fingerprint density at radius 3 is 2.25 bits per heavy atom. The van der Waals surface area contributed by atoms with Crippen LogP contribution < -0.4 is 10.5 Å². The highest BCUT2D eigenvalue weighted by molar-refractivity contribution is 5.85. The van der Waals surface area contributed by atoms with Crippen LogP contribution in [-0.4, -0.2) is 11.3 Å². The number of aromatic nitrogens is 1. The van der Waals surface area contributed by atoms with Gasteiger partial charge in [0.05, 0.1) is 17.3 Å². The SMILES string of the molecule is Cl.N[C@@H](c1ccc(OC(F)(F)F)cc1)c1ccc2ccccc2n1. The van der Waals surface area contributed by atoms with E-state index in [1.165, 1.54) is 24.3 Å². The number of rotatable bonds is 3. The Labute approximate surface area is 142 Å². The highest BCUT2D eigenvalue weighted by Gasteiger charge is 2.31. The molecule has 0 saturated heterocycles. The van der Waals surface area contributed by atoms with Gasteiger partial charge in [-0.25, -0.2) is 0 Å². The Hall–Kier alpha value is -2.31. The molecular weight excluding hydrogens is 341 g/mol. The number of nitrogens with zero attached hydrogens (tertiary/aromatic N) is 1. The lowest BCUT2D eigenvalue weighted by Crippen LogP contribution is -2.17. The molecule has 24 heavy (non-hydrogen) atoms. The van der Waals surface area contributed by atoms with E-state index in [1.807, 2.05) is 36.4 Å². The number of benzene rings is 2. The largest absolute Gasteiger partial charge is 0.573 e. The van der Waals surface area contributed by atoms with Gasteiger partial charge in [-0.15, -0.1) is 25.6 Å². The van der Waals surface area contributed by atoms with Crippen molar-refractivity contribution in [1.82, 2.24) is 4.98 Å². The first-order valence-electron chi connectivity index (χ1n) is 6.89. The Bertz CT molecular complexity index is 822. The van der Waals surface area contributed by atoms with Crippen LogP contribution in [-0.2, 0) is 0 Å². The molecule has 1 heterocycles. The Morgan fingerprint density at radius 1 is 0.917 bits per heavy atom. The van der Waals surface area contributed by atoms with Crippen LogP contribution in [0.3, 0.4) is 0 Å². The summed E-state index contributed by atoms with van der Waals surface area (Å²) in [6.45, 7) is 0. The van der Waals surface area contributed by atoms with Gasteiger partial charge in [0.15, 0.2) is 0 Å². The summed E-state index contributed by atoms with van der Waals surface area (Å²) in [6.07, 6.45) is -4.70. The zero-order valence-corrected chi connectivity index (χ0v) is 13.1. The molecule has 0 aliphatic rings. The standard InChI is InChI=1S/C17H13F3N2O.ClH/c18-17(19,20)23-13-8-5-12(6-9-13)16(21)15-10-7-11-3-1-2-4-14(11)22-15;/h1-10,16H,21H2;1H/t16-;/m0./s1. The predicted octanol–water partition coefficient (Wildman–Crippen LogP) is 4.60. The molecule has 0 aliphatic heterocycles. The van der Waals surface area contributed by atoms with E-state index in [-0.39, 0.29) is 18.2 Å². The van der Waals surface area contributed by atoms with Crippen LogP contribution in [0.1, 0.15) is 17.3 Å². The molecule has 126 valence electrons. The van der Waals surface area contributed by atoms with Crippen molar-refractivity contribution in [3.8, 4) is 5.75 Å². The molecule has 3 aromatic rings. The Kier molecular flexibility index (Phi) is 5.31. The van der Waals surface area contributed by atoms with Crippen LogP contribution >= 0.6 is 12.4 Å². The number of ether oxygens (including phenoxy) is 1. The molecule has 0 spiro atoms. The number of halogens is 4. The molecule has 0 unspecified atom stereocenters. The molecule has 3 nitrogen and oxygen atoms in total. The fourth-order valence-electron chi connectivity index (χ4n) is 2.30. The lowest BCUT2D eigenvalue weighted by atomic mass is 10.0. The van der Waals surface area contributed by atoms with Gasteiger partial charge in [0.2, 0.25) is 0 Å². The molecule has 0 amide bonds. The summed E-state index contributed by atoms with van der Waals surface area (Å²) in [6, 6.07) is 16.3. The minimum absolute atomic E-state index is 0. The number of alkyl halides is 3. The minimum Gasteiger partial charge on any atom is -0.406 e. The second-order valence-electron chi connectivity index (χ2n) is 5.02. The van der Waals surface area contributed by atoms with Crippen LogP contribution in [0, 0.1) is 0 Å². The first-order chi connectivity index (χ1) is 10.9. The average Bonchev–Trinajstić information content (AvgIpc) is 2.53. The normalized spacial score (nSPS) is 12.5. The third-order valence-electron chi connectivity index (χ3n) is 3.41. The second-order valence-corrected chi connectivity index (χ2v) is 5.02. The maximum Gasteiger partial charge on any atom is 0.573 e. The summed E-state index contributed by atoms with van der Waals surface area (Å²) in [5, 5.41) is 0.998. The number of para-hydroxylation sites is 1. The van der Waals surface area contributed by atoms with Gasteiger partial charge < -0.3 is 10.5 Å². The average molecular weight is 355 g/mol. The maximum atomic E-state index is 12.2.